The van der Waals surface area contributed by atoms with Crippen LogP contribution in [0.5, 0.6) is 0 Å². The zero-order valence-corrected chi connectivity index (χ0v) is 15.0. The van der Waals surface area contributed by atoms with Crippen molar-refractivity contribution in [1.82, 2.24) is 4.90 Å². The number of amides is 1. The highest BCUT2D eigenvalue weighted by molar-refractivity contribution is 5.85. The summed E-state index contributed by atoms with van der Waals surface area (Å²) in [7, 11) is 0. The average Bonchev–Trinajstić information content (AvgIpc) is 2.85. The minimum Gasteiger partial charge on any atom is -0.459 e. The van der Waals surface area contributed by atoms with Crippen molar-refractivity contribution < 1.29 is 14.3 Å². The van der Waals surface area contributed by atoms with E-state index in [1.807, 2.05) is 20.8 Å². The van der Waals surface area contributed by atoms with Crippen LogP contribution in [0.2, 0.25) is 0 Å². The summed E-state index contributed by atoms with van der Waals surface area (Å²) in [5.41, 5.74) is 5.27. The Morgan fingerprint density at radius 3 is 2.13 bits per heavy atom. The molecule has 2 rings (SSSR count). The molecule has 0 unspecified atom stereocenters. The van der Waals surface area contributed by atoms with Crippen molar-refractivity contribution in [3.63, 3.8) is 0 Å². The van der Waals surface area contributed by atoms with Crippen molar-refractivity contribution in [3.8, 4) is 0 Å². The lowest BCUT2D eigenvalue weighted by molar-refractivity contribution is -0.160. The number of carbonyl (C=O) groups is 2. The van der Waals surface area contributed by atoms with E-state index < -0.39 is 11.6 Å². The maximum Gasteiger partial charge on any atom is 0.326 e. The van der Waals surface area contributed by atoms with Crippen molar-refractivity contribution in [2.75, 3.05) is 6.54 Å². The normalized spacial score (nSPS) is 26.5. The van der Waals surface area contributed by atoms with Crippen molar-refractivity contribution in [1.29, 1.82) is 0 Å². The molecule has 2 N–H and O–H groups in total. The monoisotopic (exact) mass is 324 g/mol. The predicted molar refractivity (Wildman–Crippen MR) is 89.7 cm³/mol. The average molecular weight is 324 g/mol. The third-order valence-corrected chi connectivity index (χ3v) is 5.05. The van der Waals surface area contributed by atoms with Gasteiger partial charge in [-0.05, 0) is 52.4 Å². The van der Waals surface area contributed by atoms with Crippen molar-refractivity contribution >= 4 is 11.9 Å². The van der Waals surface area contributed by atoms with E-state index in [1.165, 1.54) is 25.7 Å². The van der Waals surface area contributed by atoms with Gasteiger partial charge < -0.3 is 15.4 Å². The van der Waals surface area contributed by atoms with Crippen LogP contribution in [-0.2, 0) is 14.3 Å². The first-order valence-electron chi connectivity index (χ1n) is 8.95. The van der Waals surface area contributed by atoms with Crippen molar-refractivity contribution in [3.05, 3.63) is 0 Å². The van der Waals surface area contributed by atoms with E-state index in [0.717, 1.165) is 12.8 Å². The molecule has 0 aliphatic heterocycles. The van der Waals surface area contributed by atoms with E-state index >= 15 is 0 Å². The van der Waals surface area contributed by atoms with E-state index in [9.17, 15) is 9.59 Å². The molecule has 23 heavy (non-hydrogen) atoms. The summed E-state index contributed by atoms with van der Waals surface area (Å²) in [5.74, 6) is 0.924. The Morgan fingerprint density at radius 2 is 1.70 bits per heavy atom. The lowest BCUT2D eigenvalue weighted by Crippen LogP contribution is -2.50. The number of hydrogen-bond acceptors (Lipinski definition) is 4. The molecule has 0 bridgehead atoms. The second-order valence-electron chi connectivity index (χ2n) is 8.27. The Hall–Kier alpha value is -1.10. The molecule has 2 aliphatic rings. The second kappa shape index (κ2) is 7.20. The fourth-order valence-electron chi connectivity index (χ4n) is 4.12. The minimum atomic E-state index is -0.583. The molecule has 5 nitrogen and oxygen atoms in total. The van der Waals surface area contributed by atoms with Crippen LogP contribution in [0.3, 0.4) is 0 Å². The quantitative estimate of drug-likeness (QED) is 0.806. The molecule has 2 saturated carbocycles. The van der Waals surface area contributed by atoms with E-state index in [2.05, 4.69) is 0 Å². The van der Waals surface area contributed by atoms with Crippen LogP contribution in [-0.4, -0.2) is 41.0 Å². The summed E-state index contributed by atoms with van der Waals surface area (Å²) < 4.78 is 5.40. The van der Waals surface area contributed by atoms with Gasteiger partial charge in [-0.2, -0.15) is 0 Å². The van der Waals surface area contributed by atoms with E-state index in [-0.39, 0.29) is 24.5 Å². The van der Waals surface area contributed by atoms with Crippen LogP contribution in [0.4, 0.5) is 0 Å². The van der Waals surface area contributed by atoms with Gasteiger partial charge in [-0.3, -0.25) is 9.59 Å². The molecule has 0 aromatic rings. The van der Waals surface area contributed by atoms with Gasteiger partial charge >= 0.3 is 5.97 Å². The molecular formula is C18H32N2O3. The first-order chi connectivity index (χ1) is 10.7. The van der Waals surface area contributed by atoms with Gasteiger partial charge in [0, 0.05) is 6.04 Å². The third kappa shape index (κ3) is 4.93. The molecule has 2 fully saturated rings. The number of esters is 1. The minimum absolute atomic E-state index is 0.0156. The summed E-state index contributed by atoms with van der Waals surface area (Å²) >= 11 is 0. The Kier molecular flexibility index (Phi) is 5.71. The molecular weight excluding hydrogens is 292 g/mol. The van der Waals surface area contributed by atoms with Gasteiger partial charge in [-0.25, -0.2) is 0 Å². The van der Waals surface area contributed by atoms with Crippen LogP contribution in [0.15, 0.2) is 0 Å². The Balaban J connectivity index is 2.06. The van der Waals surface area contributed by atoms with Crippen LogP contribution < -0.4 is 5.73 Å². The zero-order valence-electron chi connectivity index (χ0n) is 15.0. The smallest absolute Gasteiger partial charge is 0.326 e. The summed E-state index contributed by atoms with van der Waals surface area (Å²) in [6.45, 7) is 7.22. The van der Waals surface area contributed by atoms with Crippen LogP contribution in [0.25, 0.3) is 0 Å². The lowest BCUT2D eigenvalue weighted by Gasteiger charge is -2.31. The Bertz CT molecular complexity index is 428. The fourth-order valence-corrected chi connectivity index (χ4v) is 4.12. The third-order valence-electron chi connectivity index (χ3n) is 5.05. The molecule has 0 radical (unpaired) electrons. The predicted octanol–water partition coefficient (Wildman–Crippen LogP) is 2.47. The summed E-state index contributed by atoms with van der Waals surface area (Å²) in [5, 5.41) is 0. The number of hydrogen-bond donors (Lipinski definition) is 1. The Morgan fingerprint density at radius 1 is 1.17 bits per heavy atom. The maximum atomic E-state index is 12.5. The molecule has 3 atom stereocenters. The highest BCUT2D eigenvalue weighted by Crippen LogP contribution is 2.44. The van der Waals surface area contributed by atoms with Crippen molar-refractivity contribution in [2.45, 2.75) is 83.9 Å². The number of rotatable bonds is 4. The number of carbonyl (C=O) groups excluding carboxylic acids is 2. The highest BCUT2D eigenvalue weighted by atomic mass is 16.6. The molecule has 0 aromatic carbocycles. The highest BCUT2D eigenvalue weighted by Gasteiger charge is 2.40. The summed E-state index contributed by atoms with van der Waals surface area (Å²) in [6.07, 6.45) is 7.11. The molecule has 132 valence electrons. The van der Waals surface area contributed by atoms with Crippen LogP contribution in [0.1, 0.15) is 66.2 Å². The van der Waals surface area contributed by atoms with Gasteiger partial charge in [-0.1, -0.05) is 25.7 Å². The van der Waals surface area contributed by atoms with Crippen LogP contribution >= 0.6 is 0 Å². The maximum absolute atomic E-state index is 12.5. The molecule has 0 spiro atoms. The van der Waals surface area contributed by atoms with E-state index in [1.54, 1.807) is 11.8 Å². The molecule has 5 heteroatoms. The SMILES string of the molecule is C[C@H](N)C(=O)N(CC(=O)OC(C)(C)C)C1C[C@H]2CCCC[C@@H]2C1. The number of nitrogens with two attached hydrogens (primary N) is 1. The molecule has 1 amide bonds. The number of fused-ring (bicyclic) bond motifs is 1. The number of ether oxygens (including phenoxy) is 1. The topological polar surface area (TPSA) is 72.6 Å². The van der Waals surface area contributed by atoms with Gasteiger partial charge in [0.2, 0.25) is 5.91 Å². The fraction of sp³-hybridized carbons (Fsp3) is 0.889. The lowest BCUT2D eigenvalue weighted by atomic mass is 9.82. The van der Waals surface area contributed by atoms with Gasteiger partial charge in [0.1, 0.15) is 12.1 Å². The molecule has 0 heterocycles. The summed E-state index contributed by atoms with van der Waals surface area (Å²) in [4.78, 5) is 26.4. The largest absolute Gasteiger partial charge is 0.459 e. The van der Waals surface area contributed by atoms with Crippen molar-refractivity contribution in [2.24, 2.45) is 17.6 Å². The van der Waals surface area contributed by atoms with Gasteiger partial charge in [0.05, 0.1) is 6.04 Å². The standard InChI is InChI=1S/C18H32N2O3/c1-12(19)17(22)20(11-16(21)23-18(2,3)4)15-9-13-7-5-6-8-14(13)10-15/h12-15H,5-11,19H2,1-4H3/t12-,13+,14+/m0/s1. The zero-order chi connectivity index (χ0) is 17.2. The first-order valence-corrected chi connectivity index (χ1v) is 8.95. The molecule has 2 aliphatic carbocycles. The molecule has 0 saturated heterocycles. The van der Waals surface area contributed by atoms with E-state index in [4.69, 9.17) is 10.5 Å². The van der Waals surface area contributed by atoms with Gasteiger partial charge in [0.25, 0.3) is 0 Å². The molecule has 0 aromatic heterocycles. The van der Waals surface area contributed by atoms with Gasteiger partial charge in [0.15, 0.2) is 0 Å². The van der Waals surface area contributed by atoms with E-state index in [0.29, 0.717) is 11.8 Å². The first kappa shape index (κ1) is 18.2. The summed E-state index contributed by atoms with van der Waals surface area (Å²) in [6, 6.07) is -0.450. The van der Waals surface area contributed by atoms with Crippen LogP contribution in [0, 0.1) is 11.8 Å². The Labute approximate surface area is 139 Å². The second-order valence-corrected chi connectivity index (χ2v) is 8.27. The number of nitrogens with zero attached hydrogens (tertiary/aromatic N) is 1. The van der Waals surface area contributed by atoms with Gasteiger partial charge in [-0.15, -0.1) is 0 Å².